The van der Waals surface area contributed by atoms with E-state index in [4.69, 9.17) is 17.0 Å². The van der Waals surface area contributed by atoms with Crippen molar-refractivity contribution in [3.05, 3.63) is 54.1 Å². The molecule has 1 aliphatic heterocycles. The first-order chi connectivity index (χ1) is 13.9. The molecule has 1 saturated heterocycles. The van der Waals surface area contributed by atoms with Gasteiger partial charge >= 0.3 is 0 Å². The molecule has 0 radical (unpaired) electrons. The van der Waals surface area contributed by atoms with Gasteiger partial charge in [-0.25, -0.2) is 8.42 Å². The predicted molar refractivity (Wildman–Crippen MR) is 116 cm³/mol. The van der Waals surface area contributed by atoms with Crippen LogP contribution in [0.15, 0.2) is 58.5 Å². The van der Waals surface area contributed by atoms with Gasteiger partial charge in [-0.1, -0.05) is 12.1 Å². The van der Waals surface area contributed by atoms with Crippen LogP contribution in [-0.2, 0) is 14.8 Å². The Morgan fingerprint density at radius 1 is 1.14 bits per heavy atom. The third-order valence-electron chi connectivity index (χ3n) is 4.34. The summed E-state index contributed by atoms with van der Waals surface area (Å²) in [6.07, 6.45) is 0. The van der Waals surface area contributed by atoms with Gasteiger partial charge < -0.3 is 15.2 Å². The number of aromatic hydroxyl groups is 1. The topological polar surface area (TPSA) is 103 Å². The highest BCUT2D eigenvalue weighted by molar-refractivity contribution is 7.89. The highest BCUT2D eigenvalue weighted by Crippen LogP contribution is 2.19. The Morgan fingerprint density at radius 2 is 1.79 bits per heavy atom. The number of morpholine rings is 1. The monoisotopic (exact) mass is 434 g/mol. The Balaban J connectivity index is 1.61. The molecule has 0 aromatic heterocycles. The molecule has 0 atom stereocenters. The molecule has 1 heterocycles. The van der Waals surface area contributed by atoms with E-state index in [9.17, 15) is 13.5 Å². The Labute approximate surface area is 175 Å². The lowest BCUT2D eigenvalue weighted by atomic mass is 10.1. The Bertz CT molecular complexity index is 1000. The molecule has 10 heteroatoms. The number of anilines is 1. The van der Waals surface area contributed by atoms with E-state index in [0.29, 0.717) is 43.3 Å². The number of benzene rings is 2. The fourth-order valence-corrected chi connectivity index (χ4v) is 4.35. The van der Waals surface area contributed by atoms with E-state index in [0.717, 1.165) is 0 Å². The van der Waals surface area contributed by atoms with E-state index in [2.05, 4.69) is 15.8 Å². The number of ether oxygens (including phenoxy) is 1. The van der Waals surface area contributed by atoms with Crippen molar-refractivity contribution < 1.29 is 18.3 Å². The summed E-state index contributed by atoms with van der Waals surface area (Å²) in [5.74, 6) is 0.131. The average Bonchev–Trinajstić information content (AvgIpc) is 2.73. The minimum Gasteiger partial charge on any atom is -0.507 e. The largest absolute Gasteiger partial charge is 0.507 e. The number of phenolic OH excluding ortho intramolecular Hbond substituents is 1. The van der Waals surface area contributed by atoms with Crippen molar-refractivity contribution in [3.63, 3.8) is 0 Å². The maximum Gasteiger partial charge on any atom is 0.243 e. The van der Waals surface area contributed by atoms with Crippen LogP contribution in [0.25, 0.3) is 0 Å². The van der Waals surface area contributed by atoms with E-state index >= 15 is 0 Å². The fraction of sp³-hybridized carbons (Fsp3) is 0.263. The van der Waals surface area contributed by atoms with Gasteiger partial charge in [0.15, 0.2) is 5.11 Å². The molecule has 3 rings (SSSR count). The Kier molecular flexibility index (Phi) is 6.80. The van der Waals surface area contributed by atoms with Crippen molar-refractivity contribution in [2.75, 3.05) is 31.6 Å². The summed E-state index contributed by atoms with van der Waals surface area (Å²) in [6.45, 7) is 3.25. The van der Waals surface area contributed by atoms with Crippen LogP contribution < -0.4 is 10.7 Å². The van der Waals surface area contributed by atoms with Crippen molar-refractivity contribution in [1.82, 2.24) is 9.73 Å². The van der Waals surface area contributed by atoms with E-state index in [-0.39, 0.29) is 15.8 Å². The van der Waals surface area contributed by atoms with E-state index in [1.807, 2.05) is 0 Å². The lowest BCUT2D eigenvalue weighted by Crippen LogP contribution is -2.40. The van der Waals surface area contributed by atoms with Crippen molar-refractivity contribution in [2.45, 2.75) is 11.8 Å². The van der Waals surface area contributed by atoms with Crippen molar-refractivity contribution in [2.24, 2.45) is 5.10 Å². The third kappa shape index (κ3) is 5.30. The summed E-state index contributed by atoms with van der Waals surface area (Å²) >= 11 is 5.21. The van der Waals surface area contributed by atoms with Gasteiger partial charge in [0.1, 0.15) is 5.75 Å². The molecule has 0 bridgehead atoms. The second kappa shape index (κ2) is 9.31. The number of nitrogens with zero attached hydrogens (tertiary/aromatic N) is 2. The molecule has 0 spiro atoms. The van der Waals surface area contributed by atoms with Crippen molar-refractivity contribution >= 4 is 38.8 Å². The number of rotatable bonds is 5. The number of para-hydroxylation sites is 1. The number of hydrogen-bond acceptors (Lipinski definition) is 6. The molecule has 0 amide bonds. The number of hydrogen-bond donors (Lipinski definition) is 3. The van der Waals surface area contributed by atoms with Crippen molar-refractivity contribution in [1.29, 1.82) is 0 Å². The van der Waals surface area contributed by atoms with Gasteiger partial charge in [-0.3, -0.25) is 5.43 Å². The van der Waals surface area contributed by atoms with Gasteiger partial charge in [0.25, 0.3) is 0 Å². The third-order valence-corrected chi connectivity index (χ3v) is 6.45. The van der Waals surface area contributed by atoms with Crippen LogP contribution in [0.1, 0.15) is 12.5 Å². The second-order valence-electron chi connectivity index (χ2n) is 6.32. The zero-order chi connectivity index (χ0) is 20.9. The van der Waals surface area contributed by atoms with Gasteiger partial charge in [0.05, 0.1) is 23.8 Å². The molecule has 1 fully saturated rings. The summed E-state index contributed by atoms with van der Waals surface area (Å²) in [7, 11) is -3.53. The normalized spacial score (nSPS) is 15.7. The molecule has 8 nitrogen and oxygen atoms in total. The van der Waals surface area contributed by atoms with Crippen LogP contribution in [0.5, 0.6) is 5.75 Å². The van der Waals surface area contributed by atoms with Crippen molar-refractivity contribution in [3.8, 4) is 5.75 Å². The van der Waals surface area contributed by atoms with Gasteiger partial charge in [-0.15, -0.1) is 0 Å². The standard InChI is InChI=1S/C19H22N4O4S2/c1-14(17-4-2-3-5-18(17)24)21-22-19(28)20-15-6-8-16(9-7-15)29(25,26)23-10-12-27-13-11-23/h2-9,24H,10-13H2,1H3,(H2,20,22,28)/b21-14+. The first-order valence-corrected chi connectivity index (χ1v) is 10.8. The smallest absolute Gasteiger partial charge is 0.243 e. The Hall–Kier alpha value is -2.53. The summed E-state index contributed by atoms with van der Waals surface area (Å²) < 4.78 is 31.9. The average molecular weight is 435 g/mol. The molecule has 0 unspecified atom stereocenters. The predicted octanol–water partition coefficient (Wildman–Crippen LogP) is 2.12. The number of phenols is 1. The van der Waals surface area contributed by atoms with Gasteiger partial charge in [0.2, 0.25) is 10.0 Å². The molecule has 0 saturated carbocycles. The molecular weight excluding hydrogens is 412 g/mol. The zero-order valence-electron chi connectivity index (χ0n) is 15.8. The fourth-order valence-electron chi connectivity index (χ4n) is 2.78. The lowest BCUT2D eigenvalue weighted by molar-refractivity contribution is 0.0730. The van der Waals surface area contributed by atoms with E-state index in [1.165, 1.54) is 16.4 Å². The number of sulfonamides is 1. The van der Waals surface area contributed by atoms with Gasteiger partial charge in [0, 0.05) is 24.3 Å². The summed E-state index contributed by atoms with van der Waals surface area (Å²) in [6, 6.07) is 13.2. The number of hydrazone groups is 1. The first-order valence-electron chi connectivity index (χ1n) is 8.95. The molecular formula is C19H22N4O4S2. The van der Waals surface area contributed by atoms with Crippen LogP contribution in [0.4, 0.5) is 5.69 Å². The van der Waals surface area contributed by atoms with E-state index in [1.54, 1.807) is 43.3 Å². The summed E-state index contributed by atoms with van der Waals surface area (Å²) in [4.78, 5) is 0.220. The SMILES string of the molecule is C/C(=N\NC(=S)Nc1ccc(S(=O)(=O)N2CCOCC2)cc1)c1ccccc1O. The van der Waals surface area contributed by atoms with Crippen LogP contribution in [0, 0.1) is 0 Å². The molecule has 3 N–H and O–H groups in total. The van der Waals surface area contributed by atoms with Gasteiger partial charge in [-0.05, 0) is 55.5 Å². The minimum atomic E-state index is -3.53. The highest BCUT2D eigenvalue weighted by atomic mass is 32.2. The highest BCUT2D eigenvalue weighted by Gasteiger charge is 2.26. The molecule has 154 valence electrons. The maximum absolute atomic E-state index is 12.6. The summed E-state index contributed by atoms with van der Waals surface area (Å²) in [5, 5.41) is 17.2. The second-order valence-corrected chi connectivity index (χ2v) is 8.67. The van der Waals surface area contributed by atoms with Gasteiger partial charge in [-0.2, -0.15) is 9.41 Å². The summed E-state index contributed by atoms with van der Waals surface area (Å²) in [5.41, 5.74) is 4.50. The minimum absolute atomic E-state index is 0.131. The molecule has 29 heavy (non-hydrogen) atoms. The zero-order valence-corrected chi connectivity index (χ0v) is 17.5. The maximum atomic E-state index is 12.6. The molecule has 2 aromatic carbocycles. The van der Waals surface area contributed by atoms with Crippen LogP contribution in [0.2, 0.25) is 0 Å². The van der Waals surface area contributed by atoms with Crippen LogP contribution in [0.3, 0.4) is 0 Å². The number of nitrogens with one attached hydrogen (secondary N) is 2. The molecule has 0 aliphatic carbocycles. The Morgan fingerprint density at radius 3 is 2.45 bits per heavy atom. The lowest BCUT2D eigenvalue weighted by Gasteiger charge is -2.26. The molecule has 2 aromatic rings. The van der Waals surface area contributed by atoms with Crippen LogP contribution in [-0.4, -0.2) is 55.0 Å². The van der Waals surface area contributed by atoms with Crippen LogP contribution >= 0.6 is 12.2 Å². The first kappa shape index (κ1) is 21.2. The van der Waals surface area contributed by atoms with E-state index < -0.39 is 10.0 Å². The molecule has 1 aliphatic rings. The number of thiocarbonyl (C=S) groups is 1. The quantitative estimate of drug-likeness (QED) is 0.376.